The molecule has 1 fully saturated rings. The number of imide groups is 1. The van der Waals surface area contributed by atoms with Gasteiger partial charge in [0.2, 0.25) is 5.91 Å². The third kappa shape index (κ3) is 4.54. The van der Waals surface area contributed by atoms with Gasteiger partial charge in [-0.2, -0.15) is 0 Å². The highest BCUT2D eigenvalue weighted by Gasteiger charge is 2.38. The second-order valence-electron chi connectivity index (χ2n) is 5.73. The van der Waals surface area contributed by atoms with Crippen LogP contribution in [-0.4, -0.2) is 35.3 Å². The van der Waals surface area contributed by atoms with Crippen molar-refractivity contribution >= 4 is 55.4 Å². The molecule has 1 saturated heterocycles. The monoisotopic (exact) mass is 445 g/mol. The summed E-state index contributed by atoms with van der Waals surface area (Å²) in [7, 11) is 0. The summed E-state index contributed by atoms with van der Waals surface area (Å²) in [6.45, 7) is 3.64. The molecule has 1 aromatic carbocycles. The van der Waals surface area contributed by atoms with Gasteiger partial charge in [-0.05, 0) is 46.5 Å². The number of benzene rings is 1. The normalized spacial score (nSPS) is 17.6. The number of amides is 4. The SMILES string of the molecule is CC(C)CC1NC(=O)N(CC(=O)Nc2ccc(Br)cc2Br)C1=O. The van der Waals surface area contributed by atoms with Gasteiger partial charge in [-0.1, -0.05) is 29.8 Å². The lowest BCUT2D eigenvalue weighted by atomic mass is 10.0. The fourth-order valence-corrected chi connectivity index (χ4v) is 3.43. The van der Waals surface area contributed by atoms with Crippen LogP contribution < -0.4 is 10.6 Å². The van der Waals surface area contributed by atoms with Crippen LogP contribution >= 0.6 is 31.9 Å². The molecule has 0 aliphatic carbocycles. The molecule has 2 rings (SSSR count). The summed E-state index contributed by atoms with van der Waals surface area (Å²) in [5.41, 5.74) is 0.573. The molecule has 1 aliphatic heterocycles. The van der Waals surface area contributed by atoms with Crippen LogP contribution in [0, 0.1) is 5.92 Å². The molecule has 6 nitrogen and oxygen atoms in total. The minimum Gasteiger partial charge on any atom is -0.326 e. The number of nitrogens with zero attached hydrogens (tertiary/aromatic N) is 1. The molecule has 1 aromatic rings. The van der Waals surface area contributed by atoms with E-state index in [1.54, 1.807) is 18.2 Å². The number of carbonyl (C=O) groups is 3. The van der Waals surface area contributed by atoms with E-state index in [1.165, 1.54) is 0 Å². The van der Waals surface area contributed by atoms with Crippen LogP contribution in [0.25, 0.3) is 0 Å². The smallest absolute Gasteiger partial charge is 0.325 e. The van der Waals surface area contributed by atoms with Crippen LogP contribution in [0.15, 0.2) is 27.1 Å². The van der Waals surface area contributed by atoms with Gasteiger partial charge >= 0.3 is 6.03 Å². The molecule has 0 saturated carbocycles. The first-order valence-electron chi connectivity index (χ1n) is 7.14. The first-order valence-corrected chi connectivity index (χ1v) is 8.73. The van der Waals surface area contributed by atoms with Crippen LogP contribution in [0.2, 0.25) is 0 Å². The average molecular weight is 447 g/mol. The summed E-state index contributed by atoms with van der Waals surface area (Å²) in [6.07, 6.45) is 0.557. The van der Waals surface area contributed by atoms with Crippen LogP contribution in [0.5, 0.6) is 0 Å². The van der Waals surface area contributed by atoms with Crippen molar-refractivity contribution in [3.8, 4) is 0 Å². The van der Waals surface area contributed by atoms with Crippen LogP contribution in [0.3, 0.4) is 0 Å². The fourth-order valence-electron chi connectivity index (χ4n) is 2.28. The molecule has 1 aliphatic rings. The zero-order valence-corrected chi connectivity index (χ0v) is 15.9. The molecular formula is C15H17Br2N3O3. The summed E-state index contributed by atoms with van der Waals surface area (Å²) in [4.78, 5) is 37.1. The van der Waals surface area contributed by atoms with Crippen LogP contribution in [-0.2, 0) is 9.59 Å². The second kappa shape index (κ2) is 7.44. The predicted molar refractivity (Wildman–Crippen MR) is 94.0 cm³/mol. The Labute approximate surface area is 151 Å². The molecular weight excluding hydrogens is 430 g/mol. The zero-order valence-electron chi connectivity index (χ0n) is 12.7. The Morgan fingerprint density at radius 2 is 2.04 bits per heavy atom. The summed E-state index contributed by atoms with van der Waals surface area (Å²) in [5, 5.41) is 5.30. The molecule has 1 atom stereocenters. The maximum atomic E-state index is 12.2. The van der Waals surface area contributed by atoms with Crippen molar-refractivity contribution in [1.82, 2.24) is 10.2 Å². The van der Waals surface area contributed by atoms with Gasteiger partial charge in [0.15, 0.2) is 0 Å². The van der Waals surface area contributed by atoms with E-state index in [2.05, 4.69) is 42.5 Å². The lowest BCUT2D eigenvalue weighted by Crippen LogP contribution is -2.38. The van der Waals surface area contributed by atoms with E-state index in [9.17, 15) is 14.4 Å². The first kappa shape index (κ1) is 17.9. The summed E-state index contributed by atoms with van der Waals surface area (Å²) in [5.74, 6) is -0.507. The Kier molecular flexibility index (Phi) is 5.80. The average Bonchev–Trinajstić information content (AvgIpc) is 2.69. The van der Waals surface area contributed by atoms with E-state index in [0.717, 1.165) is 9.37 Å². The molecule has 0 spiro atoms. The van der Waals surface area contributed by atoms with Crippen LogP contribution in [0.1, 0.15) is 20.3 Å². The molecule has 0 bridgehead atoms. The third-order valence-electron chi connectivity index (χ3n) is 3.32. The zero-order chi connectivity index (χ0) is 17.1. The van der Waals surface area contributed by atoms with Crippen molar-refractivity contribution in [2.24, 2.45) is 5.92 Å². The van der Waals surface area contributed by atoms with Gasteiger partial charge in [0.05, 0.1) is 5.69 Å². The maximum absolute atomic E-state index is 12.2. The number of hydrogen-bond acceptors (Lipinski definition) is 3. The largest absolute Gasteiger partial charge is 0.326 e. The van der Waals surface area contributed by atoms with E-state index in [0.29, 0.717) is 16.6 Å². The molecule has 1 heterocycles. The lowest BCUT2D eigenvalue weighted by Gasteiger charge is -2.14. The van der Waals surface area contributed by atoms with Crippen LogP contribution in [0.4, 0.5) is 10.5 Å². The van der Waals surface area contributed by atoms with Gasteiger partial charge in [-0.3, -0.25) is 14.5 Å². The maximum Gasteiger partial charge on any atom is 0.325 e. The van der Waals surface area contributed by atoms with Crippen molar-refractivity contribution in [2.75, 3.05) is 11.9 Å². The number of urea groups is 1. The molecule has 23 heavy (non-hydrogen) atoms. The Hall–Kier alpha value is -1.41. The van der Waals surface area contributed by atoms with Gasteiger partial charge < -0.3 is 10.6 Å². The number of rotatable bonds is 5. The van der Waals surface area contributed by atoms with E-state index in [4.69, 9.17) is 0 Å². The van der Waals surface area contributed by atoms with Crippen molar-refractivity contribution in [3.63, 3.8) is 0 Å². The van der Waals surface area contributed by atoms with E-state index >= 15 is 0 Å². The van der Waals surface area contributed by atoms with Crippen molar-refractivity contribution < 1.29 is 14.4 Å². The lowest BCUT2D eigenvalue weighted by molar-refractivity contribution is -0.131. The Morgan fingerprint density at radius 1 is 1.35 bits per heavy atom. The molecule has 0 radical (unpaired) electrons. The summed E-state index contributed by atoms with van der Waals surface area (Å²) < 4.78 is 1.57. The number of nitrogens with one attached hydrogen (secondary N) is 2. The third-order valence-corrected chi connectivity index (χ3v) is 4.47. The first-order chi connectivity index (χ1) is 10.8. The number of halogens is 2. The summed E-state index contributed by atoms with van der Waals surface area (Å²) >= 11 is 6.67. The van der Waals surface area contributed by atoms with Gasteiger partial charge in [-0.15, -0.1) is 0 Å². The standard InChI is InChI=1S/C15H17Br2N3O3/c1-8(2)5-12-14(22)20(15(23)19-12)7-13(21)18-11-4-3-9(16)6-10(11)17/h3-4,6,8,12H,5,7H2,1-2H3,(H,18,21)(H,19,23). The second-order valence-corrected chi connectivity index (χ2v) is 7.50. The quantitative estimate of drug-likeness (QED) is 0.682. The minimum absolute atomic E-state index is 0.275. The molecule has 1 unspecified atom stereocenters. The van der Waals surface area contributed by atoms with E-state index in [-0.39, 0.29) is 18.4 Å². The molecule has 4 amide bonds. The van der Waals surface area contributed by atoms with E-state index in [1.807, 2.05) is 13.8 Å². The number of hydrogen-bond donors (Lipinski definition) is 2. The summed E-state index contributed by atoms with van der Waals surface area (Å²) in [6, 6.07) is 4.23. The predicted octanol–water partition coefficient (Wildman–Crippen LogP) is 3.12. The Balaban J connectivity index is 1.99. The Bertz CT molecular complexity index is 649. The van der Waals surface area contributed by atoms with Crippen molar-refractivity contribution in [3.05, 3.63) is 27.1 Å². The fraction of sp³-hybridized carbons (Fsp3) is 0.400. The van der Waals surface area contributed by atoms with Gasteiger partial charge in [0, 0.05) is 8.95 Å². The van der Waals surface area contributed by atoms with E-state index < -0.39 is 18.0 Å². The highest BCUT2D eigenvalue weighted by atomic mass is 79.9. The van der Waals surface area contributed by atoms with Gasteiger partial charge in [0.25, 0.3) is 5.91 Å². The molecule has 8 heteroatoms. The number of carbonyl (C=O) groups excluding carboxylic acids is 3. The van der Waals surface area contributed by atoms with Crippen molar-refractivity contribution in [1.29, 1.82) is 0 Å². The molecule has 2 N–H and O–H groups in total. The highest BCUT2D eigenvalue weighted by molar-refractivity contribution is 9.11. The van der Waals surface area contributed by atoms with Gasteiger partial charge in [0.1, 0.15) is 12.6 Å². The Morgan fingerprint density at radius 3 is 2.65 bits per heavy atom. The topological polar surface area (TPSA) is 78.5 Å². The molecule has 124 valence electrons. The van der Waals surface area contributed by atoms with Gasteiger partial charge in [-0.25, -0.2) is 4.79 Å². The minimum atomic E-state index is -0.547. The molecule has 0 aromatic heterocycles. The highest BCUT2D eigenvalue weighted by Crippen LogP contribution is 2.26. The number of anilines is 1. The van der Waals surface area contributed by atoms with Crippen molar-refractivity contribution in [2.45, 2.75) is 26.3 Å².